The molecule has 0 aliphatic carbocycles. The topological polar surface area (TPSA) is 48.0 Å². The Labute approximate surface area is 169 Å². The third-order valence-electron chi connectivity index (χ3n) is 6.24. The van der Waals surface area contributed by atoms with Crippen LogP contribution in [-0.2, 0) is 27.0 Å². The smallest absolute Gasteiger partial charge is 0.443 e. The van der Waals surface area contributed by atoms with Gasteiger partial charge in [-0.2, -0.15) is 0 Å². The van der Waals surface area contributed by atoms with Crippen LogP contribution < -0.4 is 5.46 Å². The molecule has 1 fully saturated rings. The molecule has 1 aromatic carbocycles. The predicted octanol–water partition coefficient (Wildman–Crippen LogP) is 4.06. The fraction of sp³-hybridized carbons (Fsp3) is 0.682. The molecule has 1 aromatic rings. The number of ether oxygens (including phenoxy) is 1. The summed E-state index contributed by atoms with van der Waals surface area (Å²) in [6, 6.07) is 6.31. The Hall–Kier alpha value is -1.53. The molecule has 0 aromatic heterocycles. The molecule has 0 radical (unpaired) electrons. The first kappa shape index (κ1) is 21.2. The van der Waals surface area contributed by atoms with Crippen molar-refractivity contribution >= 4 is 18.7 Å². The van der Waals surface area contributed by atoms with Gasteiger partial charge in [-0.1, -0.05) is 31.5 Å². The number of fused-ring (bicyclic) bond motifs is 1. The lowest BCUT2D eigenvalue weighted by Gasteiger charge is -2.32. The largest absolute Gasteiger partial charge is 0.494 e. The lowest BCUT2D eigenvalue weighted by Crippen LogP contribution is -2.41. The molecule has 2 heterocycles. The fourth-order valence-corrected chi connectivity index (χ4v) is 3.81. The van der Waals surface area contributed by atoms with Crippen LogP contribution in [0.25, 0.3) is 0 Å². The van der Waals surface area contributed by atoms with Crippen LogP contribution >= 0.6 is 0 Å². The highest BCUT2D eigenvalue weighted by Gasteiger charge is 2.51. The van der Waals surface area contributed by atoms with Gasteiger partial charge in [-0.25, -0.2) is 4.79 Å². The van der Waals surface area contributed by atoms with E-state index >= 15 is 0 Å². The molecule has 0 unspecified atom stereocenters. The maximum absolute atomic E-state index is 12.6. The minimum atomic E-state index is -0.424. The Morgan fingerprint density at radius 3 is 2.43 bits per heavy atom. The van der Waals surface area contributed by atoms with Crippen LogP contribution in [0.5, 0.6) is 0 Å². The Morgan fingerprint density at radius 1 is 1.18 bits per heavy atom. The minimum Gasteiger partial charge on any atom is -0.443 e. The molecular weight excluding hydrogens is 353 g/mol. The number of nitrogens with zero attached hydrogens (tertiary/aromatic N) is 1. The molecule has 0 spiro atoms. The molecule has 3 rings (SSSR count). The number of carbonyl (C=O) groups excluding carboxylic acids is 1. The summed E-state index contributed by atoms with van der Waals surface area (Å²) in [5.41, 5.74) is 2.34. The van der Waals surface area contributed by atoms with E-state index in [-0.39, 0.29) is 24.4 Å². The van der Waals surface area contributed by atoms with Crippen LogP contribution in [-0.4, -0.2) is 41.5 Å². The average molecular weight is 387 g/mol. The maximum atomic E-state index is 12.6. The third kappa shape index (κ3) is 4.23. The van der Waals surface area contributed by atoms with Crippen molar-refractivity contribution < 1.29 is 18.8 Å². The highest BCUT2D eigenvalue weighted by Crippen LogP contribution is 2.36. The second-order valence-electron chi connectivity index (χ2n) is 9.67. The first-order valence-electron chi connectivity index (χ1n) is 10.4. The van der Waals surface area contributed by atoms with Crippen LogP contribution in [0.2, 0.25) is 0 Å². The van der Waals surface area contributed by atoms with Crippen molar-refractivity contribution in [2.45, 2.75) is 91.1 Å². The van der Waals surface area contributed by atoms with Crippen LogP contribution in [0.1, 0.15) is 72.4 Å². The summed E-state index contributed by atoms with van der Waals surface area (Å²) < 4.78 is 18.1. The number of amides is 1. The van der Waals surface area contributed by atoms with Crippen LogP contribution in [0.4, 0.5) is 4.79 Å². The van der Waals surface area contributed by atoms with E-state index in [0.29, 0.717) is 13.1 Å². The van der Waals surface area contributed by atoms with Crippen molar-refractivity contribution in [1.29, 1.82) is 0 Å². The van der Waals surface area contributed by atoms with E-state index in [1.807, 2.05) is 13.8 Å². The van der Waals surface area contributed by atoms with Gasteiger partial charge in [0.15, 0.2) is 0 Å². The fourth-order valence-electron chi connectivity index (χ4n) is 3.81. The maximum Gasteiger partial charge on any atom is 0.494 e. The summed E-state index contributed by atoms with van der Waals surface area (Å²) >= 11 is 0. The number of rotatable bonds is 4. The number of hydrogen-bond acceptors (Lipinski definition) is 4. The van der Waals surface area contributed by atoms with Gasteiger partial charge in [-0.3, -0.25) is 0 Å². The molecule has 154 valence electrons. The molecule has 0 saturated carbocycles. The van der Waals surface area contributed by atoms with Crippen LogP contribution in [0, 0.1) is 0 Å². The molecule has 0 bridgehead atoms. The number of carbonyl (C=O) groups is 1. The summed E-state index contributed by atoms with van der Waals surface area (Å²) in [7, 11) is -0.354. The van der Waals surface area contributed by atoms with Gasteiger partial charge in [-0.05, 0) is 71.0 Å². The summed E-state index contributed by atoms with van der Waals surface area (Å²) in [6.07, 6.45) is 2.44. The SMILES string of the molecule is CCCC(C)(C)OC(=O)N1CCc2cc(B3OC(C)(C)C(C)(C)O3)ccc2C1. The van der Waals surface area contributed by atoms with Crippen molar-refractivity contribution in [3.63, 3.8) is 0 Å². The molecule has 0 atom stereocenters. The van der Waals surface area contributed by atoms with Crippen molar-refractivity contribution in [3.8, 4) is 0 Å². The monoisotopic (exact) mass is 387 g/mol. The molecular formula is C22H34BNO4. The second kappa shape index (κ2) is 7.38. The lowest BCUT2D eigenvalue weighted by atomic mass is 9.77. The summed E-state index contributed by atoms with van der Waals surface area (Å²) in [5.74, 6) is 0. The van der Waals surface area contributed by atoms with Crippen molar-refractivity contribution in [1.82, 2.24) is 4.90 Å². The van der Waals surface area contributed by atoms with Crippen molar-refractivity contribution in [3.05, 3.63) is 29.3 Å². The van der Waals surface area contributed by atoms with Crippen LogP contribution in [0.15, 0.2) is 18.2 Å². The average Bonchev–Trinajstić information content (AvgIpc) is 2.81. The number of benzene rings is 1. The van der Waals surface area contributed by atoms with Gasteiger partial charge < -0.3 is 18.9 Å². The highest BCUT2D eigenvalue weighted by atomic mass is 16.7. The van der Waals surface area contributed by atoms with E-state index in [9.17, 15) is 4.79 Å². The molecule has 5 nitrogen and oxygen atoms in total. The quantitative estimate of drug-likeness (QED) is 0.731. The van der Waals surface area contributed by atoms with E-state index in [2.05, 4.69) is 52.8 Å². The zero-order chi connectivity index (χ0) is 20.7. The van der Waals surface area contributed by atoms with E-state index in [0.717, 1.165) is 30.3 Å². The number of hydrogen-bond donors (Lipinski definition) is 0. The molecule has 2 aliphatic heterocycles. The van der Waals surface area contributed by atoms with Gasteiger partial charge >= 0.3 is 13.2 Å². The van der Waals surface area contributed by atoms with Crippen molar-refractivity contribution in [2.75, 3.05) is 6.54 Å². The van der Waals surface area contributed by atoms with E-state index in [1.165, 1.54) is 5.56 Å². The van der Waals surface area contributed by atoms with E-state index in [1.54, 1.807) is 4.90 Å². The highest BCUT2D eigenvalue weighted by molar-refractivity contribution is 6.62. The summed E-state index contributed by atoms with van der Waals surface area (Å²) in [6.45, 7) is 15.6. The van der Waals surface area contributed by atoms with Gasteiger partial charge in [0.1, 0.15) is 5.60 Å². The Bertz CT molecular complexity index is 728. The Balaban J connectivity index is 1.69. The van der Waals surface area contributed by atoms with E-state index in [4.69, 9.17) is 14.0 Å². The van der Waals surface area contributed by atoms with E-state index < -0.39 is 5.60 Å². The zero-order valence-corrected chi connectivity index (χ0v) is 18.4. The van der Waals surface area contributed by atoms with Gasteiger partial charge in [0.2, 0.25) is 0 Å². The third-order valence-corrected chi connectivity index (χ3v) is 6.24. The predicted molar refractivity (Wildman–Crippen MR) is 112 cm³/mol. The Morgan fingerprint density at radius 2 is 1.82 bits per heavy atom. The van der Waals surface area contributed by atoms with Crippen molar-refractivity contribution in [2.24, 2.45) is 0 Å². The first-order valence-corrected chi connectivity index (χ1v) is 10.4. The van der Waals surface area contributed by atoms with Gasteiger partial charge in [-0.15, -0.1) is 0 Å². The second-order valence-corrected chi connectivity index (χ2v) is 9.67. The lowest BCUT2D eigenvalue weighted by molar-refractivity contribution is 0.00578. The van der Waals surface area contributed by atoms with Gasteiger partial charge in [0.25, 0.3) is 0 Å². The normalized spacial score (nSPS) is 20.8. The minimum absolute atomic E-state index is 0.223. The molecule has 0 N–H and O–H groups in total. The molecule has 2 aliphatic rings. The summed E-state index contributed by atoms with van der Waals surface area (Å²) in [4.78, 5) is 14.4. The molecule has 28 heavy (non-hydrogen) atoms. The standard InChI is InChI=1S/C22H34BNO4/c1-8-12-20(2,3)26-19(25)24-13-11-16-14-18(10-9-17(16)15-24)23-27-21(4,5)22(6,7)28-23/h9-10,14H,8,11-13,15H2,1-7H3. The molecule has 1 saturated heterocycles. The Kier molecular flexibility index (Phi) is 5.58. The summed E-state index contributed by atoms with van der Waals surface area (Å²) in [5, 5.41) is 0. The zero-order valence-electron chi connectivity index (χ0n) is 18.4. The first-order chi connectivity index (χ1) is 12.9. The van der Waals surface area contributed by atoms with Gasteiger partial charge in [0, 0.05) is 13.1 Å². The molecule has 6 heteroatoms. The molecule has 1 amide bonds. The van der Waals surface area contributed by atoms with Gasteiger partial charge in [0.05, 0.1) is 11.2 Å². The van der Waals surface area contributed by atoms with Crippen LogP contribution in [0.3, 0.4) is 0 Å².